The molecular formula is C12H23N3O. The van der Waals surface area contributed by atoms with Gasteiger partial charge in [-0.15, -0.1) is 0 Å². The SMILES string of the molecule is CCN(CCC#N)C(=O)CCCNC(C)C. The van der Waals surface area contributed by atoms with Crippen molar-refractivity contribution in [3.63, 3.8) is 0 Å². The Morgan fingerprint density at radius 3 is 2.69 bits per heavy atom. The smallest absolute Gasteiger partial charge is 0.222 e. The molecule has 0 heterocycles. The second-order valence-electron chi connectivity index (χ2n) is 4.09. The lowest BCUT2D eigenvalue weighted by Gasteiger charge is -2.19. The lowest BCUT2D eigenvalue weighted by molar-refractivity contribution is -0.131. The molecule has 0 radical (unpaired) electrons. The minimum absolute atomic E-state index is 0.156. The summed E-state index contributed by atoms with van der Waals surface area (Å²) in [6.45, 7) is 8.25. The second kappa shape index (κ2) is 9.17. The van der Waals surface area contributed by atoms with Crippen LogP contribution in [-0.2, 0) is 4.79 Å². The van der Waals surface area contributed by atoms with E-state index in [9.17, 15) is 4.79 Å². The third-order valence-electron chi connectivity index (χ3n) is 2.35. The monoisotopic (exact) mass is 225 g/mol. The van der Waals surface area contributed by atoms with Crippen LogP contribution < -0.4 is 5.32 Å². The van der Waals surface area contributed by atoms with Gasteiger partial charge in [-0.05, 0) is 19.9 Å². The third kappa shape index (κ3) is 7.24. The molecule has 4 heteroatoms. The van der Waals surface area contributed by atoms with Crippen LogP contribution >= 0.6 is 0 Å². The first kappa shape index (κ1) is 14.9. The Balaban J connectivity index is 3.72. The van der Waals surface area contributed by atoms with Gasteiger partial charge in [0.1, 0.15) is 0 Å². The van der Waals surface area contributed by atoms with E-state index in [4.69, 9.17) is 5.26 Å². The Morgan fingerprint density at radius 1 is 1.50 bits per heavy atom. The van der Waals surface area contributed by atoms with Crippen LogP contribution in [0.3, 0.4) is 0 Å². The van der Waals surface area contributed by atoms with E-state index in [0.29, 0.717) is 32.0 Å². The Kier molecular flexibility index (Phi) is 8.55. The van der Waals surface area contributed by atoms with E-state index in [1.165, 1.54) is 0 Å². The van der Waals surface area contributed by atoms with Crippen molar-refractivity contribution in [3.05, 3.63) is 0 Å². The molecule has 0 rings (SSSR count). The van der Waals surface area contributed by atoms with Gasteiger partial charge in [0.25, 0.3) is 0 Å². The minimum atomic E-state index is 0.156. The van der Waals surface area contributed by atoms with Crippen LogP contribution in [0.15, 0.2) is 0 Å². The van der Waals surface area contributed by atoms with E-state index in [0.717, 1.165) is 13.0 Å². The summed E-state index contributed by atoms with van der Waals surface area (Å²) in [4.78, 5) is 13.5. The quantitative estimate of drug-likeness (QED) is 0.637. The van der Waals surface area contributed by atoms with Gasteiger partial charge in [-0.25, -0.2) is 0 Å². The van der Waals surface area contributed by atoms with E-state index in [1.807, 2.05) is 6.92 Å². The van der Waals surface area contributed by atoms with Gasteiger partial charge in [-0.3, -0.25) is 4.79 Å². The predicted molar refractivity (Wildman–Crippen MR) is 64.9 cm³/mol. The molecule has 0 saturated carbocycles. The number of hydrogen-bond donors (Lipinski definition) is 1. The number of carbonyl (C=O) groups excluding carboxylic acids is 1. The molecule has 4 nitrogen and oxygen atoms in total. The Hall–Kier alpha value is -1.08. The summed E-state index contributed by atoms with van der Waals surface area (Å²) in [5.41, 5.74) is 0. The fraction of sp³-hybridized carbons (Fsp3) is 0.833. The first-order chi connectivity index (χ1) is 7.61. The summed E-state index contributed by atoms with van der Waals surface area (Å²) in [7, 11) is 0. The first-order valence-electron chi connectivity index (χ1n) is 5.99. The Labute approximate surface area is 98.6 Å². The van der Waals surface area contributed by atoms with Crippen molar-refractivity contribution in [2.75, 3.05) is 19.6 Å². The van der Waals surface area contributed by atoms with Gasteiger partial charge in [-0.2, -0.15) is 5.26 Å². The lowest BCUT2D eigenvalue weighted by Crippen LogP contribution is -2.32. The normalized spacial score (nSPS) is 10.2. The molecule has 0 aromatic heterocycles. The van der Waals surface area contributed by atoms with Gasteiger partial charge in [0, 0.05) is 25.6 Å². The second-order valence-corrected chi connectivity index (χ2v) is 4.09. The molecule has 16 heavy (non-hydrogen) atoms. The van der Waals surface area contributed by atoms with Crippen LogP contribution in [-0.4, -0.2) is 36.5 Å². The van der Waals surface area contributed by atoms with E-state index in [2.05, 4.69) is 25.2 Å². The van der Waals surface area contributed by atoms with Crippen molar-refractivity contribution < 1.29 is 4.79 Å². The molecule has 0 aliphatic rings. The number of carbonyl (C=O) groups is 1. The minimum Gasteiger partial charge on any atom is -0.342 e. The molecule has 0 fully saturated rings. The molecule has 0 aliphatic heterocycles. The van der Waals surface area contributed by atoms with Crippen molar-refractivity contribution in [3.8, 4) is 6.07 Å². The standard InChI is InChI=1S/C12H23N3O/c1-4-15(10-6-8-13)12(16)7-5-9-14-11(2)3/h11,14H,4-7,9-10H2,1-3H3. The van der Waals surface area contributed by atoms with Gasteiger partial charge >= 0.3 is 0 Å². The highest BCUT2D eigenvalue weighted by molar-refractivity contribution is 5.76. The van der Waals surface area contributed by atoms with Crippen LogP contribution in [0.4, 0.5) is 0 Å². The molecular weight excluding hydrogens is 202 g/mol. The average molecular weight is 225 g/mol. The van der Waals surface area contributed by atoms with Gasteiger partial charge in [0.05, 0.1) is 12.5 Å². The largest absolute Gasteiger partial charge is 0.342 e. The van der Waals surface area contributed by atoms with Crippen molar-refractivity contribution in [2.45, 2.75) is 46.1 Å². The van der Waals surface area contributed by atoms with Crippen LogP contribution in [0.25, 0.3) is 0 Å². The maximum absolute atomic E-state index is 11.7. The van der Waals surface area contributed by atoms with Crippen LogP contribution in [0, 0.1) is 11.3 Å². The lowest BCUT2D eigenvalue weighted by atomic mass is 10.2. The molecule has 1 amide bonds. The molecule has 0 aromatic carbocycles. The average Bonchev–Trinajstić information content (AvgIpc) is 2.25. The summed E-state index contributed by atoms with van der Waals surface area (Å²) in [5, 5.41) is 11.7. The zero-order valence-corrected chi connectivity index (χ0v) is 10.6. The maximum atomic E-state index is 11.7. The number of nitriles is 1. The fourth-order valence-electron chi connectivity index (χ4n) is 1.43. The zero-order valence-electron chi connectivity index (χ0n) is 10.6. The van der Waals surface area contributed by atoms with Crippen molar-refractivity contribution in [1.29, 1.82) is 5.26 Å². The van der Waals surface area contributed by atoms with Crippen molar-refractivity contribution >= 4 is 5.91 Å². The number of hydrogen-bond acceptors (Lipinski definition) is 3. The molecule has 0 spiro atoms. The van der Waals surface area contributed by atoms with E-state index in [-0.39, 0.29) is 5.91 Å². The predicted octanol–water partition coefficient (Wildman–Crippen LogP) is 1.53. The van der Waals surface area contributed by atoms with E-state index >= 15 is 0 Å². The van der Waals surface area contributed by atoms with Crippen LogP contribution in [0.1, 0.15) is 40.0 Å². The molecule has 0 aromatic rings. The topological polar surface area (TPSA) is 56.1 Å². The highest BCUT2D eigenvalue weighted by atomic mass is 16.2. The van der Waals surface area contributed by atoms with Crippen LogP contribution in [0.5, 0.6) is 0 Å². The van der Waals surface area contributed by atoms with Crippen LogP contribution in [0.2, 0.25) is 0 Å². The fourth-order valence-corrected chi connectivity index (χ4v) is 1.43. The van der Waals surface area contributed by atoms with Gasteiger partial charge in [0.15, 0.2) is 0 Å². The zero-order chi connectivity index (χ0) is 12.4. The molecule has 0 atom stereocenters. The number of amides is 1. The molecule has 0 bridgehead atoms. The first-order valence-corrected chi connectivity index (χ1v) is 5.99. The number of nitrogens with one attached hydrogen (secondary N) is 1. The summed E-state index contributed by atoms with van der Waals surface area (Å²) in [6.07, 6.45) is 1.85. The Morgan fingerprint density at radius 2 is 2.19 bits per heavy atom. The molecule has 0 saturated heterocycles. The molecule has 1 N–H and O–H groups in total. The maximum Gasteiger partial charge on any atom is 0.222 e. The molecule has 92 valence electrons. The van der Waals surface area contributed by atoms with E-state index < -0.39 is 0 Å². The number of rotatable bonds is 8. The third-order valence-corrected chi connectivity index (χ3v) is 2.35. The summed E-state index contributed by atoms with van der Waals surface area (Å²) in [6, 6.07) is 2.53. The van der Waals surface area contributed by atoms with Gasteiger partial charge < -0.3 is 10.2 Å². The number of nitrogens with zero attached hydrogens (tertiary/aromatic N) is 2. The summed E-state index contributed by atoms with van der Waals surface area (Å²) >= 11 is 0. The highest BCUT2D eigenvalue weighted by Gasteiger charge is 2.10. The van der Waals surface area contributed by atoms with Crippen molar-refractivity contribution in [2.24, 2.45) is 0 Å². The van der Waals surface area contributed by atoms with E-state index in [1.54, 1.807) is 4.90 Å². The van der Waals surface area contributed by atoms with Gasteiger partial charge in [-0.1, -0.05) is 13.8 Å². The molecule has 0 unspecified atom stereocenters. The summed E-state index contributed by atoms with van der Waals surface area (Å²) < 4.78 is 0. The Bertz CT molecular complexity index is 233. The highest BCUT2D eigenvalue weighted by Crippen LogP contribution is 1.99. The summed E-state index contributed by atoms with van der Waals surface area (Å²) in [5.74, 6) is 0.156. The van der Waals surface area contributed by atoms with Crippen molar-refractivity contribution in [1.82, 2.24) is 10.2 Å². The molecule has 0 aliphatic carbocycles. The van der Waals surface area contributed by atoms with Gasteiger partial charge in [0.2, 0.25) is 5.91 Å².